The number of rotatable bonds is 3. The number of carbonyl (C=O) groups is 1. The summed E-state index contributed by atoms with van der Waals surface area (Å²) >= 11 is 3.48. The minimum atomic E-state index is 0.102. The van der Waals surface area contributed by atoms with Crippen molar-refractivity contribution in [1.82, 2.24) is 4.90 Å². The second-order valence-electron chi connectivity index (χ2n) is 6.07. The average molecular weight is 354 g/mol. The monoisotopic (exact) mass is 353 g/mol. The van der Waals surface area contributed by atoms with Gasteiger partial charge in [0.25, 0.3) is 5.91 Å². The van der Waals surface area contributed by atoms with E-state index in [0.29, 0.717) is 11.5 Å². The van der Waals surface area contributed by atoms with Gasteiger partial charge in [0.2, 0.25) is 0 Å². The number of nitrogens with zero attached hydrogens (tertiary/aromatic N) is 1. The van der Waals surface area contributed by atoms with Gasteiger partial charge >= 0.3 is 0 Å². The molecule has 1 aromatic rings. The van der Waals surface area contributed by atoms with Crippen molar-refractivity contribution < 1.29 is 9.53 Å². The number of likely N-dealkylation sites (tertiary alicyclic amines) is 1. The SMILES string of the molecule is COc1ccc(Br)c(C(=O)N2CCCC(C(C)C)CC2)c1. The molecule has 4 heteroatoms. The predicted octanol–water partition coefficient (Wildman–Crippen LogP) is 4.36. The molecule has 2 rings (SSSR count). The number of carbonyl (C=O) groups excluding carboxylic acids is 1. The molecule has 0 N–H and O–H groups in total. The third-order valence-corrected chi connectivity index (χ3v) is 5.10. The zero-order valence-corrected chi connectivity index (χ0v) is 14.6. The van der Waals surface area contributed by atoms with Crippen LogP contribution in [-0.2, 0) is 0 Å². The zero-order valence-electron chi connectivity index (χ0n) is 13.1. The Hall–Kier alpha value is -1.03. The Balaban J connectivity index is 2.13. The van der Waals surface area contributed by atoms with E-state index >= 15 is 0 Å². The quantitative estimate of drug-likeness (QED) is 0.807. The van der Waals surface area contributed by atoms with Gasteiger partial charge in [0.05, 0.1) is 12.7 Å². The topological polar surface area (TPSA) is 29.5 Å². The molecule has 0 saturated carbocycles. The number of methoxy groups -OCH3 is 1. The van der Waals surface area contributed by atoms with E-state index in [2.05, 4.69) is 29.8 Å². The van der Waals surface area contributed by atoms with E-state index < -0.39 is 0 Å². The van der Waals surface area contributed by atoms with Gasteiger partial charge in [-0.1, -0.05) is 13.8 Å². The highest BCUT2D eigenvalue weighted by Gasteiger charge is 2.24. The van der Waals surface area contributed by atoms with Crippen LogP contribution in [0.25, 0.3) is 0 Å². The lowest BCUT2D eigenvalue weighted by molar-refractivity contribution is 0.0757. The Morgan fingerprint density at radius 3 is 2.76 bits per heavy atom. The first kappa shape index (κ1) is 16.3. The first-order chi connectivity index (χ1) is 10.0. The summed E-state index contributed by atoms with van der Waals surface area (Å²) in [5, 5.41) is 0. The molecule has 1 fully saturated rings. The molecule has 0 aliphatic carbocycles. The largest absolute Gasteiger partial charge is 0.497 e. The molecule has 1 aliphatic rings. The minimum Gasteiger partial charge on any atom is -0.497 e. The summed E-state index contributed by atoms with van der Waals surface area (Å²) in [6.07, 6.45) is 3.42. The van der Waals surface area contributed by atoms with Gasteiger partial charge in [-0.3, -0.25) is 4.79 Å². The van der Waals surface area contributed by atoms with Crippen molar-refractivity contribution in [1.29, 1.82) is 0 Å². The van der Waals surface area contributed by atoms with Gasteiger partial charge in [0.15, 0.2) is 0 Å². The van der Waals surface area contributed by atoms with Gasteiger partial charge in [-0.25, -0.2) is 0 Å². The second-order valence-corrected chi connectivity index (χ2v) is 6.93. The number of halogens is 1. The van der Waals surface area contributed by atoms with Crippen molar-refractivity contribution >= 4 is 21.8 Å². The van der Waals surface area contributed by atoms with Crippen molar-refractivity contribution in [3.8, 4) is 5.75 Å². The molecular formula is C17H24BrNO2. The molecule has 116 valence electrons. The van der Waals surface area contributed by atoms with Crippen LogP contribution in [0, 0.1) is 11.8 Å². The predicted molar refractivity (Wildman–Crippen MR) is 88.8 cm³/mol. The first-order valence-electron chi connectivity index (χ1n) is 7.65. The zero-order chi connectivity index (χ0) is 15.4. The van der Waals surface area contributed by atoms with Gasteiger partial charge in [-0.15, -0.1) is 0 Å². The maximum absolute atomic E-state index is 12.8. The molecule has 0 radical (unpaired) electrons. The lowest BCUT2D eigenvalue weighted by Crippen LogP contribution is -2.32. The maximum Gasteiger partial charge on any atom is 0.255 e. The van der Waals surface area contributed by atoms with Crippen LogP contribution in [0.3, 0.4) is 0 Å². The molecule has 1 atom stereocenters. The average Bonchev–Trinajstić information content (AvgIpc) is 2.73. The van der Waals surface area contributed by atoms with Crippen LogP contribution in [0.15, 0.2) is 22.7 Å². The van der Waals surface area contributed by atoms with Gasteiger partial charge in [0, 0.05) is 17.6 Å². The smallest absolute Gasteiger partial charge is 0.255 e. The van der Waals surface area contributed by atoms with Crippen molar-refractivity contribution in [2.75, 3.05) is 20.2 Å². The highest BCUT2D eigenvalue weighted by atomic mass is 79.9. The molecule has 1 aromatic carbocycles. The lowest BCUT2D eigenvalue weighted by Gasteiger charge is -2.22. The number of amides is 1. The first-order valence-corrected chi connectivity index (χ1v) is 8.45. The molecule has 0 aromatic heterocycles. The summed E-state index contributed by atoms with van der Waals surface area (Å²) in [5.74, 6) is 2.25. The fraction of sp³-hybridized carbons (Fsp3) is 0.588. The highest BCUT2D eigenvalue weighted by molar-refractivity contribution is 9.10. The van der Waals surface area contributed by atoms with Crippen molar-refractivity contribution in [3.05, 3.63) is 28.2 Å². The molecule has 3 nitrogen and oxygen atoms in total. The molecule has 1 heterocycles. The fourth-order valence-corrected chi connectivity index (χ4v) is 3.37. The van der Waals surface area contributed by atoms with Gasteiger partial charge < -0.3 is 9.64 Å². The molecule has 1 saturated heterocycles. The fourth-order valence-electron chi connectivity index (χ4n) is 2.96. The lowest BCUT2D eigenvalue weighted by atomic mass is 9.89. The Morgan fingerprint density at radius 2 is 2.10 bits per heavy atom. The molecule has 1 amide bonds. The maximum atomic E-state index is 12.8. The number of hydrogen-bond acceptors (Lipinski definition) is 2. The van der Waals surface area contributed by atoms with Gasteiger partial charge in [-0.2, -0.15) is 0 Å². The third-order valence-electron chi connectivity index (χ3n) is 4.41. The van der Waals surface area contributed by atoms with E-state index in [0.717, 1.165) is 42.1 Å². The number of benzene rings is 1. The number of ether oxygens (including phenoxy) is 1. The van der Waals surface area contributed by atoms with E-state index in [1.807, 2.05) is 23.1 Å². The highest BCUT2D eigenvalue weighted by Crippen LogP contribution is 2.28. The molecule has 1 aliphatic heterocycles. The number of hydrogen-bond donors (Lipinski definition) is 0. The summed E-state index contributed by atoms with van der Waals surface area (Å²) in [7, 11) is 1.62. The molecule has 21 heavy (non-hydrogen) atoms. The van der Waals surface area contributed by atoms with E-state index in [-0.39, 0.29) is 5.91 Å². The molecule has 0 bridgehead atoms. The summed E-state index contributed by atoms with van der Waals surface area (Å²) < 4.78 is 6.06. The van der Waals surface area contributed by atoms with Gasteiger partial charge in [0.1, 0.15) is 5.75 Å². The van der Waals surface area contributed by atoms with E-state index in [9.17, 15) is 4.79 Å². The van der Waals surface area contributed by atoms with Crippen LogP contribution in [0.5, 0.6) is 5.75 Å². The van der Waals surface area contributed by atoms with Gasteiger partial charge in [-0.05, 0) is 65.2 Å². The van der Waals surface area contributed by atoms with Crippen molar-refractivity contribution in [2.24, 2.45) is 11.8 Å². The van der Waals surface area contributed by atoms with E-state index in [1.165, 1.54) is 6.42 Å². The third kappa shape index (κ3) is 4.00. The Labute approximate surface area is 135 Å². The Morgan fingerprint density at radius 1 is 1.33 bits per heavy atom. The van der Waals surface area contributed by atoms with Crippen LogP contribution < -0.4 is 4.74 Å². The van der Waals surface area contributed by atoms with Crippen LogP contribution in [-0.4, -0.2) is 31.0 Å². The van der Waals surface area contributed by atoms with Crippen LogP contribution in [0.1, 0.15) is 43.5 Å². The standard InChI is InChI=1S/C17H24BrNO2/c1-12(2)13-5-4-9-19(10-8-13)17(20)15-11-14(21-3)6-7-16(15)18/h6-7,11-13H,4-5,8-10H2,1-3H3. The van der Waals surface area contributed by atoms with Crippen LogP contribution in [0.4, 0.5) is 0 Å². The summed E-state index contributed by atoms with van der Waals surface area (Å²) in [4.78, 5) is 14.7. The van der Waals surface area contributed by atoms with Crippen LogP contribution in [0.2, 0.25) is 0 Å². The molecule has 0 spiro atoms. The second kappa shape index (κ2) is 7.30. The summed E-state index contributed by atoms with van der Waals surface area (Å²) in [6.45, 7) is 6.26. The van der Waals surface area contributed by atoms with E-state index in [4.69, 9.17) is 4.74 Å². The minimum absolute atomic E-state index is 0.102. The molecular weight excluding hydrogens is 330 g/mol. The normalized spacial score (nSPS) is 19.5. The van der Waals surface area contributed by atoms with E-state index in [1.54, 1.807) is 7.11 Å². The van der Waals surface area contributed by atoms with Crippen molar-refractivity contribution in [2.45, 2.75) is 33.1 Å². The summed E-state index contributed by atoms with van der Waals surface area (Å²) in [6, 6.07) is 5.55. The summed E-state index contributed by atoms with van der Waals surface area (Å²) in [5.41, 5.74) is 0.692. The van der Waals surface area contributed by atoms with Crippen LogP contribution >= 0.6 is 15.9 Å². The Kier molecular flexibility index (Phi) is 5.68. The Bertz CT molecular complexity index is 502. The molecule has 1 unspecified atom stereocenters. The van der Waals surface area contributed by atoms with Crippen molar-refractivity contribution in [3.63, 3.8) is 0 Å².